The zero-order chi connectivity index (χ0) is 31.5. The smallest absolute Gasteiger partial charge is 0.237 e. The highest BCUT2D eigenvalue weighted by molar-refractivity contribution is 6.17. The maximum absolute atomic E-state index is 12.9. The van der Waals surface area contributed by atoms with Crippen molar-refractivity contribution in [3.63, 3.8) is 0 Å². The molecule has 10 nitrogen and oxygen atoms in total. The molecule has 2 amide bonds. The number of nitrogens with zero attached hydrogens (tertiary/aromatic N) is 2. The second kappa shape index (κ2) is 20.9. The predicted molar refractivity (Wildman–Crippen MR) is 177 cm³/mol. The Morgan fingerprint density at radius 2 is 1.77 bits per heavy atom. The average Bonchev–Trinajstić information content (AvgIpc) is 3.72. The van der Waals surface area contributed by atoms with E-state index < -0.39 is 6.04 Å². The summed E-state index contributed by atoms with van der Waals surface area (Å²) in [6.45, 7) is 5.95. The minimum atomic E-state index is -0.506. The fourth-order valence-electron chi connectivity index (χ4n) is 5.99. The first kappa shape index (κ1) is 36.5. The lowest BCUT2D eigenvalue weighted by Gasteiger charge is -2.21. The first-order chi connectivity index (χ1) is 21.4. The highest BCUT2D eigenvalue weighted by Crippen LogP contribution is 2.52. The van der Waals surface area contributed by atoms with E-state index in [0.717, 1.165) is 102 Å². The molecule has 0 bridgehead atoms. The third-order valence-corrected chi connectivity index (χ3v) is 9.16. The van der Waals surface area contributed by atoms with Gasteiger partial charge in [-0.3, -0.25) is 9.59 Å². The number of nitrogen functional groups attached to an aromatic ring is 1. The molecule has 1 saturated heterocycles. The summed E-state index contributed by atoms with van der Waals surface area (Å²) < 4.78 is 11.1. The van der Waals surface area contributed by atoms with Crippen molar-refractivity contribution in [2.24, 2.45) is 11.1 Å². The number of pyridine rings is 1. The summed E-state index contributed by atoms with van der Waals surface area (Å²) in [5.74, 6) is 1.34. The number of hydrogen-bond donors (Lipinski definition) is 4. The van der Waals surface area contributed by atoms with Gasteiger partial charge in [-0.1, -0.05) is 31.7 Å². The van der Waals surface area contributed by atoms with Crippen molar-refractivity contribution < 1.29 is 19.1 Å². The fourth-order valence-corrected chi connectivity index (χ4v) is 6.18. The Morgan fingerprint density at radius 3 is 2.55 bits per heavy atom. The molecule has 3 rings (SSSR count). The van der Waals surface area contributed by atoms with E-state index >= 15 is 0 Å². The summed E-state index contributed by atoms with van der Waals surface area (Å²) in [4.78, 5) is 31.6. The van der Waals surface area contributed by atoms with E-state index in [2.05, 4.69) is 20.5 Å². The molecule has 0 aromatic carbocycles. The van der Waals surface area contributed by atoms with Crippen LogP contribution < -0.4 is 22.1 Å². The molecular weight excluding hydrogens is 580 g/mol. The van der Waals surface area contributed by atoms with Crippen molar-refractivity contribution in [1.82, 2.24) is 20.5 Å². The second-order valence-electron chi connectivity index (χ2n) is 12.5. The number of nitrogens with one attached hydrogen (secondary N) is 2. The number of unbranched alkanes of at least 4 members (excludes halogenated alkanes) is 6. The van der Waals surface area contributed by atoms with Gasteiger partial charge in [0.15, 0.2) is 0 Å². The van der Waals surface area contributed by atoms with E-state index in [1.54, 1.807) is 6.20 Å². The summed E-state index contributed by atoms with van der Waals surface area (Å²) in [5.41, 5.74) is 13.4. The second-order valence-corrected chi connectivity index (χ2v) is 12.9. The normalized spacial score (nSPS) is 18.0. The van der Waals surface area contributed by atoms with E-state index in [4.69, 9.17) is 32.5 Å². The predicted octanol–water partition coefficient (Wildman–Crippen LogP) is 3.79. The van der Waals surface area contributed by atoms with Crippen LogP contribution in [0.3, 0.4) is 0 Å². The standard InChI is InChI=1S/C33H57ClN6O4/c34-17-6-2-4-8-21-43-23-24-44-22-19-37-30(41)14-5-1-3-7-20-40-25-29(33(26-40)15-16-33)39-32(42)28(35)13-9-11-27-12-10-18-38-31(27)36/h10,12,18,28-29H,1-9,11,13-17,19-26,35H2,(H2,36,38)(H,37,41)(H,39,42)/t28-,29-/m0/s1. The molecule has 1 aromatic heterocycles. The SMILES string of the molecule is Nc1ncccc1CCC[C@H](N)C(=O)N[C@H]1CN(CCCCCCC(=O)NCCOCCOCCCCCCCl)CC12CC2. The van der Waals surface area contributed by atoms with E-state index in [0.29, 0.717) is 45.0 Å². The Labute approximate surface area is 269 Å². The minimum Gasteiger partial charge on any atom is -0.383 e. The van der Waals surface area contributed by atoms with Gasteiger partial charge >= 0.3 is 0 Å². The Kier molecular flexibility index (Phi) is 17.4. The summed E-state index contributed by atoms with van der Waals surface area (Å²) in [6.07, 6.45) is 15.4. The zero-order valence-corrected chi connectivity index (χ0v) is 27.5. The lowest BCUT2D eigenvalue weighted by Crippen LogP contribution is -2.48. The van der Waals surface area contributed by atoms with E-state index in [1.165, 1.54) is 12.8 Å². The average molecular weight is 637 g/mol. The number of anilines is 1. The van der Waals surface area contributed by atoms with E-state index in [-0.39, 0.29) is 23.3 Å². The molecule has 0 radical (unpaired) electrons. The van der Waals surface area contributed by atoms with Crippen molar-refractivity contribution in [2.45, 2.75) is 102 Å². The molecule has 1 aliphatic carbocycles. The van der Waals surface area contributed by atoms with Gasteiger partial charge in [0.25, 0.3) is 0 Å². The number of ether oxygens (including phenoxy) is 2. The highest BCUT2D eigenvalue weighted by atomic mass is 35.5. The van der Waals surface area contributed by atoms with Crippen LogP contribution in [0.1, 0.15) is 89.0 Å². The number of aromatic nitrogens is 1. The molecule has 6 N–H and O–H groups in total. The van der Waals surface area contributed by atoms with Crippen molar-refractivity contribution >= 4 is 29.2 Å². The number of carbonyl (C=O) groups is 2. The number of halogens is 1. The highest BCUT2D eigenvalue weighted by Gasteiger charge is 2.55. The third kappa shape index (κ3) is 14.0. The Hall–Kier alpha value is -1.98. The Morgan fingerprint density at radius 1 is 1.02 bits per heavy atom. The van der Waals surface area contributed by atoms with Crippen LogP contribution in [0.5, 0.6) is 0 Å². The van der Waals surface area contributed by atoms with Crippen molar-refractivity contribution in [2.75, 3.05) is 64.2 Å². The van der Waals surface area contributed by atoms with Crippen LogP contribution in [0.4, 0.5) is 5.82 Å². The molecule has 2 atom stereocenters. The number of carbonyl (C=O) groups excluding carboxylic acids is 2. The van der Waals surface area contributed by atoms with Gasteiger partial charge < -0.3 is 36.5 Å². The fraction of sp³-hybridized carbons (Fsp3) is 0.788. The molecular formula is C33H57ClN6O4. The van der Waals surface area contributed by atoms with Crippen LogP contribution in [0, 0.1) is 5.41 Å². The monoisotopic (exact) mass is 636 g/mol. The lowest BCUT2D eigenvalue weighted by atomic mass is 9.99. The number of likely N-dealkylation sites (tertiary alicyclic amines) is 1. The number of rotatable bonds is 25. The number of hydrogen-bond acceptors (Lipinski definition) is 8. The van der Waals surface area contributed by atoms with E-state index in [9.17, 15) is 9.59 Å². The van der Waals surface area contributed by atoms with Crippen LogP contribution >= 0.6 is 11.6 Å². The molecule has 11 heteroatoms. The molecule has 1 saturated carbocycles. The molecule has 2 aliphatic rings. The van der Waals surface area contributed by atoms with E-state index in [1.807, 2.05) is 12.1 Å². The quantitative estimate of drug-likeness (QED) is 0.0937. The van der Waals surface area contributed by atoms with Gasteiger partial charge in [0, 0.05) is 56.2 Å². The molecule has 2 fully saturated rings. The van der Waals surface area contributed by atoms with Gasteiger partial charge in [0.2, 0.25) is 11.8 Å². The van der Waals surface area contributed by atoms with Gasteiger partial charge in [0.05, 0.1) is 25.9 Å². The maximum Gasteiger partial charge on any atom is 0.237 e. The van der Waals surface area contributed by atoms with Gasteiger partial charge in [-0.2, -0.15) is 0 Å². The molecule has 250 valence electrons. The van der Waals surface area contributed by atoms with Crippen LogP contribution in [0.2, 0.25) is 0 Å². The van der Waals surface area contributed by atoms with Crippen LogP contribution in [-0.2, 0) is 25.5 Å². The minimum absolute atomic E-state index is 0.0405. The topological polar surface area (TPSA) is 145 Å². The van der Waals surface area contributed by atoms with Gasteiger partial charge in [0.1, 0.15) is 5.82 Å². The first-order valence-corrected chi connectivity index (χ1v) is 17.4. The molecule has 1 spiro atoms. The Bertz CT molecular complexity index is 966. The van der Waals surface area contributed by atoms with Crippen molar-refractivity contribution in [3.05, 3.63) is 23.9 Å². The molecule has 2 heterocycles. The summed E-state index contributed by atoms with van der Waals surface area (Å²) >= 11 is 5.67. The lowest BCUT2D eigenvalue weighted by molar-refractivity contribution is -0.123. The number of amides is 2. The zero-order valence-electron chi connectivity index (χ0n) is 26.7. The maximum atomic E-state index is 12.9. The van der Waals surface area contributed by atoms with Crippen LogP contribution in [-0.4, -0.2) is 92.3 Å². The summed E-state index contributed by atoms with van der Waals surface area (Å²) in [5, 5.41) is 6.22. The summed E-state index contributed by atoms with van der Waals surface area (Å²) in [7, 11) is 0. The van der Waals surface area contributed by atoms with Crippen LogP contribution in [0.25, 0.3) is 0 Å². The largest absolute Gasteiger partial charge is 0.383 e. The van der Waals surface area contributed by atoms with Gasteiger partial charge in [-0.05, 0) is 76.0 Å². The number of alkyl halides is 1. The number of nitrogens with two attached hydrogens (primary N) is 2. The third-order valence-electron chi connectivity index (χ3n) is 8.89. The number of aryl methyl sites for hydroxylation is 1. The molecule has 0 unspecified atom stereocenters. The molecule has 1 aliphatic heterocycles. The summed E-state index contributed by atoms with van der Waals surface area (Å²) in [6, 6.07) is 3.53. The van der Waals surface area contributed by atoms with Crippen LogP contribution in [0.15, 0.2) is 18.3 Å². The first-order valence-electron chi connectivity index (χ1n) is 16.9. The molecule has 1 aromatic rings. The Balaban J connectivity index is 1.14. The molecule has 44 heavy (non-hydrogen) atoms. The van der Waals surface area contributed by atoms with Crippen molar-refractivity contribution in [1.29, 1.82) is 0 Å². The van der Waals surface area contributed by atoms with Gasteiger partial charge in [-0.15, -0.1) is 11.6 Å². The van der Waals surface area contributed by atoms with Crippen molar-refractivity contribution in [3.8, 4) is 0 Å². The van der Waals surface area contributed by atoms with Gasteiger partial charge in [-0.25, -0.2) is 4.98 Å².